The fourth-order valence-electron chi connectivity index (χ4n) is 3.97. The van der Waals surface area contributed by atoms with E-state index in [1.54, 1.807) is 12.1 Å². The first kappa shape index (κ1) is 21.4. The summed E-state index contributed by atoms with van der Waals surface area (Å²) in [7, 11) is 0. The molecule has 31 heavy (non-hydrogen) atoms. The van der Waals surface area contributed by atoms with Crippen molar-refractivity contribution in [3.05, 3.63) is 65.6 Å². The van der Waals surface area contributed by atoms with Crippen LogP contribution in [0, 0.1) is 6.92 Å². The van der Waals surface area contributed by atoms with Crippen LogP contribution in [-0.4, -0.2) is 34.5 Å². The SMILES string of the molecule is Cc1ccc2nc(COc3cccc(C(=O)NCCCOC4CCCCC4)c3)cn2c1. The van der Waals surface area contributed by atoms with Crippen molar-refractivity contribution in [2.24, 2.45) is 0 Å². The molecule has 0 unspecified atom stereocenters. The number of rotatable bonds is 9. The van der Waals surface area contributed by atoms with Crippen LogP contribution in [-0.2, 0) is 11.3 Å². The average molecular weight is 422 g/mol. The Kier molecular flexibility index (Phi) is 7.20. The summed E-state index contributed by atoms with van der Waals surface area (Å²) in [5.41, 5.74) is 3.51. The molecule has 4 rings (SSSR count). The smallest absolute Gasteiger partial charge is 0.251 e. The van der Waals surface area contributed by atoms with Gasteiger partial charge in [0.05, 0.1) is 11.8 Å². The Labute approximate surface area is 183 Å². The van der Waals surface area contributed by atoms with E-state index < -0.39 is 0 Å². The molecule has 0 aliphatic heterocycles. The molecule has 3 aromatic rings. The predicted molar refractivity (Wildman–Crippen MR) is 120 cm³/mol. The highest BCUT2D eigenvalue weighted by Gasteiger charge is 2.13. The summed E-state index contributed by atoms with van der Waals surface area (Å²) in [6.45, 7) is 3.71. The molecule has 6 nitrogen and oxygen atoms in total. The first-order valence-electron chi connectivity index (χ1n) is 11.2. The second-order valence-corrected chi connectivity index (χ2v) is 8.26. The van der Waals surface area contributed by atoms with E-state index in [0.717, 1.165) is 17.8 Å². The van der Waals surface area contributed by atoms with Crippen LogP contribution in [0.25, 0.3) is 5.65 Å². The van der Waals surface area contributed by atoms with E-state index in [4.69, 9.17) is 9.47 Å². The maximum absolute atomic E-state index is 12.5. The van der Waals surface area contributed by atoms with Crippen LogP contribution >= 0.6 is 0 Å². The molecule has 0 bridgehead atoms. The zero-order chi connectivity index (χ0) is 21.5. The Bertz CT molecular complexity index is 1010. The van der Waals surface area contributed by atoms with Crippen molar-refractivity contribution >= 4 is 11.6 Å². The molecule has 2 heterocycles. The van der Waals surface area contributed by atoms with E-state index in [0.29, 0.717) is 37.2 Å². The topological polar surface area (TPSA) is 64.9 Å². The molecular formula is C25H31N3O3. The van der Waals surface area contributed by atoms with Crippen LogP contribution in [0.3, 0.4) is 0 Å². The number of ether oxygens (including phenoxy) is 2. The van der Waals surface area contributed by atoms with Crippen molar-refractivity contribution in [2.75, 3.05) is 13.2 Å². The molecule has 0 radical (unpaired) electrons. The number of amides is 1. The van der Waals surface area contributed by atoms with Gasteiger partial charge in [0, 0.05) is 31.1 Å². The molecular weight excluding hydrogens is 390 g/mol. The summed E-state index contributed by atoms with van der Waals surface area (Å²) in [5, 5.41) is 2.97. The fourth-order valence-corrected chi connectivity index (χ4v) is 3.97. The minimum Gasteiger partial charge on any atom is -0.487 e. The Morgan fingerprint density at radius 2 is 2.03 bits per heavy atom. The van der Waals surface area contributed by atoms with Crippen LogP contribution in [0.4, 0.5) is 0 Å². The normalized spacial score (nSPS) is 14.6. The molecule has 1 aliphatic carbocycles. The number of nitrogens with one attached hydrogen (secondary N) is 1. The number of carbonyl (C=O) groups is 1. The number of pyridine rings is 1. The predicted octanol–water partition coefficient (Wildman–Crippen LogP) is 4.69. The molecule has 0 spiro atoms. The highest BCUT2D eigenvalue weighted by Crippen LogP contribution is 2.20. The molecule has 0 atom stereocenters. The van der Waals surface area contributed by atoms with Crippen LogP contribution < -0.4 is 10.1 Å². The van der Waals surface area contributed by atoms with Crippen molar-refractivity contribution in [1.29, 1.82) is 0 Å². The largest absolute Gasteiger partial charge is 0.487 e. The van der Waals surface area contributed by atoms with Crippen LogP contribution in [0.5, 0.6) is 5.75 Å². The van der Waals surface area contributed by atoms with Gasteiger partial charge in [-0.1, -0.05) is 31.4 Å². The quantitative estimate of drug-likeness (QED) is 0.509. The third-order valence-electron chi connectivity index (χ3n) is 5.64. The summed E-state index contributed by atoms with van der Waals surface area (Å²) >= 11 is 0. The maximum atomic E-state index is 12.5. The third kappa shape index (κ3) is 6.07. The summed E-state index contributed by atoms with van der Waals surface area (Å²) in [5.74, 6) is 0.563. The second kappa shape index (κ2) is 10.4. The van der Waals surface area contributed by atoms with Crippen LogP contribution in [0.15, 0.2) is 48.8 Å². The number of nitrogens with zero attached hydrogens (tertiary/aromatic N) is 2. The van der Waals surface area contributed by atoms with Gasteiger partial charge in [0.25, 0.3) is 5.91 Å². The van der Waals surface area contributed by atoms with E-state index in [2.05, 4.69) is 17.2 Å². The lowest BCUT2D eigenvalue weighted by Gasteiger charge is -2.21. The molecule has 1 N–H and O–H groups in total. The van der Waals surface area contributed by atoms with Gasteiger partial charge in [-0.2, -0.15) is 0 Å². The number of imidazole rings is 1. The summed E-state index contributed by atoms with van der Waals surface area (Å²) in [6, 6.07) is 11.3. The minimum absolute atomic E-state index is 0.0914. The number of hydrogen-bond donors (Lipinski definition) is 1. The van der Waals surface area contributed by atoms with E-state index in [1.165, 1.54) is 37.7 Å². The zero-order valence-electron chi connectivity index (χ0n) is 18.2. The summed E-state index contributed by atoms with van der Waals surface area (Å²) in [6.07, 6.45) is 11.5. The van der Waals surface area contributed by atoms with Gasteiger partial charge in [-0.3, -0.25) is 4.79 Å². The van der Waals surface area contributed by atoms with Crippen molar-refractivity contribution < 1.29 is 14.3 Å². The number of benzene rings is 1. The number of hydrogen-bond acceptors (Lipinski definition) is 4. The van der Waals surface area contributed by atoms with E-state index in [9.17, 15) is 4.79 Å². The third-order valence-corrected chi connectivity index (χ3v) is 5.64. The first-order chi connectivity index (χ1) is 15.2. The van der Waals surface area contributed by atoms with E-state index in [-0.39, 0.29) is 5.91 Å². The zero-order valence-corrected chi connectivity index (χ0v) is 18.2. The molecule has 6 heteroatoms. The lowest BCUT2D eigenvalue weighted by molar-refractivity contribution is 0.0273. The van der Waals surface area contributed by atoms with Gasteiger partial charge in [-0.05, 0) is 56.0 Å². The molecule has 1 aliphatic rings. The molecule has 1 saturated carbocycles. The maximum Gasteiger partial charge on any atom is 0.251 e. The lowest BCUT2D eigenvalue weighted by Crippen LogP contribution is -2.26. The highest BCUT2D eigenvalue weighted by atomic mass is 16.5. The van der Waals surface area contributed by atoms with Gasteiger partial charge < -0.3 is 19.2 Å². The van der Waals surface area contributed by atoms with Crippen molar-refractivity contribution in [3.63, 3.8) is 0 Å². The number of aryl methyl sites for hydroxylation is 1. The van der Waals surface area contributed by atoms with Crippen molar-refractivity contribution in [2.45, 2.75) is 58.2 Å². The van der Waals surface area contributed by atoms with Crippen LogP contribution in [0.1, 0.15) is 60.1 Å². The standard InChI is InChI=1S/C25H31N3O3/c1-19-11-12-24-27-21(17-28(24)16-19)18-31-23-10-5-7-20(15-23)25(29)26-13-6-14-30-22-8-3-2-4-9-22/h5,7,10-12,15-17,22H,2-4,6,8-9,13-14,18H2,1H3,(H,26,29). The number of aromatic nitrogens is 2. The minimum atomic E-state index is -0.0914. The van der Waals surface area contributed by atoms with E-state index >= 15 is 0 Å². The first-order valence-corrected chi connectivity index (χ1v) is 11.2. The van der Waals surface area contributed by atoms with Crippen molar-refractivity contribution in [1.82, 2.24) is 14.7 Å². The van der Waals surface area contributed by atoms with Gasteiger partial charge in [0.15, 0.2) is 0 Å². The molecule has 164 valence electrons. The Morgan fingerprint density at radius 1 is 1.16 bits per heavy atom. The second-order valence-electron chi connectivity index (χ2n) is 8.26. The van der Waals surface area contributed by atoms with Gasteiger partial charge in [-0.15, -0.1) is 0 Å². The summed E-state index contributed by atoms with van der Waals surface area (Å²) < 4.78 is 13.8. The Morgan fingerprint density at radius 3 is 2.90 bits per heavy atom. The monoisotopic (exact) mass is 421 g/mol. The van der Waals surface area contributed by atoms with E-state index in [1.807, 2.05) is 41.1 Å². The molecule has 2 aromatic heterocycles. The Balaban J connectivity index is 1.22. The number of fused-ring (bicyclic) bond motifs is 1. The van der Waals surface area contributed by atoms with Crippen molar-refractivity contribution in [3.8, 4) is 5.75 Å². The molecule has 1 amide bonds. The van der Waals surface area contributed by atoms with Gasteiger partial charge >= 0.3 is 0 Å². The highest BCUT2D eigenvalue weighted by molar-refractivity contribution is 5.94. The molecule has 0 saturated heterocycles. The fraction of sp³-hybridized carbons (Fsp3) is 0.440. The Hall–Kier alpha value is -2.86. The van der Waals surface area contributed by atoms with Gasteiger partial charge in [-0.25, -0.2) is 4.98 Å². The molecule has 1 aromatic carbocycles. The van der Waals surface area contributed by atoms with Gasteiger partial charge in [0.1, 0.15) is 18.0 Å². The lowest BCUT2D eigenvalue weighted by atomic mass is 9.98. The van der Waals surface area contributed by atoms with Crippen LogP contribution in [0.2, 0.25) is 0 Å². The number of carbonyl (C=O) groups excluding carboxylic acids is 1. The van der Waals surface area contributed by atoms with Gasteiger partial charge in [0.2, 0.25) is 0 Å². The summed E-state index contributed by atoms with van der Waals surface area (Å²) in [4.78, 5) is 17.0. The average Bonchev–Trinajstić information content (AvgIpc) is 3.20. The molecule has 1 fully saturated rings.